The summed E-state index contributed by atoms with van der Waals surface area (Å²) in [4.78, 5) is 8.82. The SMILES string of the molecule is OB1OC2(CCN(Sc3ccccc3)CC2)c2c1cnc1[nH]ccc21. The second kappa shape index (κ2) is 5.88. The zero-order chi connectivity index (χ0) is 16.9. The van der Waals surface area contributed by atoms with Crippen LogP contribution in [0.1, 0.15) is 18.4 Å². The Morgan fingerprint density at radius 1 is 1.20 bits per heavy atom. The lowest BCUT2D eigenvalue weighted by Gasteiger charge is -2.39. The number of nitrogens with zero attached hydrogens (tertiary/aromatic N) is 2. The standard InChI is InChI=1S/C18H18BN3O2S/c23-19-15-12-21-17-14(6-9-20-17)16(15)18(24-19)7-10-22(11-8-18)25-13-4-2-1-3-5-13/h1-6,9,12,23H,7-8,10-11H2,(H,20,21). The molecular weight excluding hydrogens is 333 g/mol. The van der Waals surface area contributed by atoms with Gasteiger partial charge >= 0.3 is 7.12 Å². The minimum Gasteiger partial charge on any atom is -0.423 e. The summed E-state index contributed by atoms with van der Waals surface area (Å²) < 4.78 is 8.48. The molecule has 1 spiro atoms. The van der Waals surface area contributed by atoms with Crippen molar-refractivity contribution in [3.8, 4) is 0 Å². The van der Waals surface area contributed by atoms with E-state index in [1.54, 1.807) is 18.1 Å². The van der Waals surface area contributed by atoms with Gasteiger partial charge in [0.15, 0.2) is 0 Å². The summed E-state index contributed by atoms with van der Waals surface area (Å²) in [7, 11) is -0.880. The number of hydrogen-bond acceptors (Lipinski definition) is 5. The van der Waals surface area contributed by atoms with E-state index in [1.807, 2.05) is 18.3 Å². The van der Waals surface area contributed by atoms with Gasteiger partial charge in [0.1, 0.15) is 5.65 Å². The summed E-state index contributed by atoms with van der Waals surface area (Å²) in [5.74, 6) is 0. The van der Waals surface area contributed by atoms with Gasteiger partial charge in [-0.2, -0.15) is 0 Å². The van der Waals surface area contributed by atoms with Crippen molar-refractivity contribution in [2.24, 2.45) is 0 Å². The van der Waals surface area contributed by atoms with Gasteiger partial charge in [-0.15, -0.1) is 0 Å². The van der Waals surface area contributed by atoms with E-state index in [0.717, 1.165) is 48.0 Å². The van der Waals surface area contributed by atoms with Crippen molar-refractivity contribution < 1.29 is 9.68 Å². The monoisotopic (exact) mass is 351 g/mol. The highest BCUT2D eigenvalue weighted by Gasteiger charge is 2.49. The molecule has 2 N–H and O–H groups in total. The number of fused-ring (bicyclic) bond motifs is 4. The van der Waals surface area contributed by atoms with Crippen LogP contribution in [0.15, 0.2) is 53.7 Å². The fourth-order valence-corrected chi connectivity index (χ4v) is 4.93. The zero-order valence-corrected chi connectivity index (χ0v) is 14.5. The molecule has 0 saturated carbocycles. The molecule has 0 amide bonds. The summed E-state index contributed by atoms with van der Waals surface area (Å²) in [6, 6.07) is 12.5. The van der Waals surface area contributed by atoms with Crippen LogP contribution in [0.5, 0.6) is 0 Å². The molecule has 0 radical (unpaired) electrons. The van der Waals surface area contributed by atoms with Crippen molar-refractivity contribution in [1.29, 1.82) is 0 Å². The van der Waals surface area contributed by atoms with Gasteiger partial charge in [-0.1, -0.05) is 18.2 Å². The molecule has 1 aromatic carbocycles. The molecule has 0 bridgehead atoms. The number of H-pyrrole nitrogens is 1. The number of aromatic nitrogens is 2. The molecular formula is C18H18BN3O2S. The zero-order valence-electron chi connectivity index (χ0n) is 13.7. The van der Waals surface area contributed by atoms with E-state index in [9.17, 15) is 5.02 Å². The van der Waals surface area contributed by atoms with E-state index in [4.69, 9.17) is 4.65 Å². The molecule has 2 aliphatic rings. The summed E-state index contributed by atoms with van der Waals surface area (Å²) in [6.45, 7) is 1.83. The van der Waals surface area contributed by atoms with Crippen LogP contribution in [0, 0.1) is 0 Å². The van der Waals surface area contributed by atoms with Gasteiger partial charge in [0.05, 0.1) is 5.60 Å². The van der Waals surface area contributed by atoms with Crippen molar-refractivity contribution in [1.82, 2.24) is 14.3 Å². The first-order valence-electron chi connectivity index (χ1n) is 8.55. The van der Waals surface area contributed by atoms with E-state index >= 15 is 0 Å². The topological polar surface area (TPSA) is 61.4 Å². The van der Waals surface area contributed by atoms with Gasteiger partial charge in [0.25, 0.3) is 0 Å². The van der Waals surface area contributed by atoms with E-state index < -0.39 is 12.7 Å². The number of pyridine rings is 1. The van der Waals surface area contributed by atoms with Crippen LogP contribution < -0.4 is 5.46 Å². The number of nitrogens with one attached hydrogen (secondary N) is 1. The number of rotatable bonds is 2. The largest absolute Gasteiger partial charge is 0.493 e. The molecule has 0 unspecified atom stereocenters. The van der Waals surface area contributed by atoms with Gasteiger partial charge < -0.3 is 14.7 Å². The molecule has 5 rings (SSSR count). The Bertz CT molecular complexity index is 909. The maximum Gasteiger partial charge on any atom is 0.493 e. The molecule has 5 nitrogen and oxygen atoms in total. The minimum atomic E-state index is -0.880. The van der Waals surface area contributed by atoms with Crippen molar-refractivity contribution in [2.75, 3.05) is 13.1 Å². The third-order valence-corrected chi connectivity index (χ3v) is 6.29. The van der Waals surface area contributed by atoms with Crippen molar-refractivity contribution in [2.45, 2.75) is 23.3 Å². The van der Waals surface area contributed by atoms with Crippen LogP contribution in [0.3, 0.4) is 0 Å². The molecule has 0 aliphatic carbocycles. The van der Waals surface area contributed by atoms with Crippen LogP contribution in [-0.2, 0) is 10.3 Å². The Labute approximate surface area is 150 Å². The molecule has 2 aromatic heterocycles. The predicted octanol–water partition coefficient (Wildman–Crippen LogP) is 2.28. The Hall–Kier alpha value is -1.80. The summed E-state index contributed by atoms with van der Waals surface area (Å²) in [5, 5.41) is 11.5. The van der Waals surface area contributed by atoms with Crippen LogP contribution in [-0.4, -0.2) is 39.5 Å². The van der Waals surface area contributed by atoms with Crippen LogP contribution >= 0.6 is 11.9 Å². The normalized spacial score (nSPS) is 19.6. The second-order valence-electron chi connectivity index (χ2n) is 6.63. The molecule has 4 heterocycles. The van der Waals surface area contributed by atoms with Crippen LogP contribution in [0.2, 0.25) is 0 Å². The fraction of sp³-hybridized carbons (Fsp3) is 0.278. The average molecular weight is 351 g/mol. The average Bonchev–Trinajstić information content (AvgIpc) is 3.21. The highest BCUT2D eigenvalue weighted by Crippen LogP contribution is 2.44. The quantitative estimate of drug-likeness (QED) is 0.548. The predicted molar refractivity (Wildman–Crippen MR) is 99.6 cm³/mol. The first kappa shape index (κ1) is 15.5. The van der Waals surface area contributed by atoms with E-state index in [2.05, 4.69) is 38.5 Å². The van der Waals surface area contributed by atoms with E-state index in [0.29, 0.717) is 0 Å². The molecule has 126 valence electrons. The Morgan fingerprint density at radius 2 is 2.00 bits per heavy atom. The molecule has 1 fully saturated rings. The van der Waals surface area contributed by atoms with Crippen molar-refractivity contribution >= 4 is 35.6 Å². The first-order valence-corrected chi connectivity index (χ1v) is 9.33. The molecule has 25 heavy (non-hydrogen) atoms. The van der Waals surface area contributed by atoms with E-state index in [1.165, 1.54) is 4.90 Å². The van der Waals surface area contributed by atoms with Gasteiger partial charge in [0.2, 0.25) is 0 Å². The van der Waals surface area contributed by atoms with Gasteiger partial charge in [-0.05, 0) is 48.6 Å². The Kier molecular flexibility index (Phi) is 3.64. The van der Waals surface area contributed by atoms with Crippen molar-refractivity contribution in [3.63, 3.8) is 0 Å². The summed E-state index contributed by atoms with van der Waals surface area (Å²) >= 11 is 1.79. The molecule has 7 heteroatoms. The number of benzene rings is 1. The lowest BCUT2D eigenvalue weighted by molar-refractivity contribution is 0.0152. The highest BCUT2D eigenvalue weighted by atomic mass is 32.2. The maximum atomic E-state index is 10.4. The second-order valence-corrected chi connectivity index (χ2v) is 7.80. The van der Waals surface area contributed by atoms with Crippen LogP contribution in [0.4, 0.5) is 0 Å². The first-order chi connectivity index (χ1) is 12.3. The number of aromatic amines is 1. The molecule has 0 atom stereocenters. The summed E-state index contributed by atoms with van der Waals surface area (Å²) in [5.41, 5.74) is 2.38. The lowest BCUT2D eigenvalue weighted by atomic mass is 9.76. The van der Waals surface area contributed by atoms with E-state index in [-0.39, 0.29) is 0 Å². The highest BCUT2D eigenvalue weighted by molar-refractivity contribution is 7.97. The van der Waals surface area contributed by atoms with Gasteiger partial charge in [-0.3, -0.25) is 0 Å². The molecule has 2 aliphatic heterocycles. The molecule has 1 saturated heterocycles. The molecule has 3 aromatic rings. The minimum absolute atomic E-state index is 0.411. The lowest BCUT2D eigenvalue weighted by Crippen LogP contribution is -2.41. The number of hydrogen-bond donors (Lipinski definition) is 2. The van der Waals surface area contributed by atoms with Crippen LogP contribution in [0.25, 0.3) is 11.0 Å². The van der Waals surface area contributed by atoms with Crippen molar-refractivity contribution in [3.05, 3.63) is 54.4 Å². The Morgan fingerprint density at radius 3 is 2.80 bits per heavy atom. The third kappa shape index (κ3) is 2.50. The fourth-order valence-electron chi connectivity index (χ4n) is 3.99. The third-order valence-electron chi connectivity index (χ3n) is 5.18. The smallest absolute Gasteiger partial charge is 0.423 e. The Balaban J connectivity index is 1.43. The maximum absolute atomic E-state index is 10.4. The number of piperidine rings is 1. The summed E-state index contributed by atoms with van der Waals surface area (Å²) in [6.07, 6.45) is 5.37. The van der Waals surface area contributed by atoms with Gasteiger partial charge in [-0.25, -0.2) is 9.29 Å². The van der Waals surface area contributed by atoms with Gasteiger partial charge in [0, 0.05) is 41.2 Å².